The van der Waals surface area contributed by atoms with Crippen LogP contribution in [0.4, 0.5) is 0 Å². The van der Waals surface area contributed by atoms with Crippen LogP contribution < -0.4 is 0 Å². The van der Waals surface area contributed by atoms with E-state index in [0.29, 0.717) is 36.1 Å². The highest BCUT2D eigenvalue weighted by Crippen LogP contribution is 2.41. The summed E-state index contributed by atoms with van der Waals surface area (Å²) in [5.74, 6) is 0.405. The molecule has 0 N–H and O–H groups in total. The topological polar surface area (TPSA) is 80.3 Å². The Bertz CT molecular complexity index is 1050. The number of benzene rings is 1. The van der Waals surface area contributed by atoms with E-state index in [1.54, 1.807) is 6.92 Å². The van der Waals surface area contributed by atoms with Crippen LogP contribution in [0.3, 0.4) is 0 Å². The molecule has 0 spiro atoms. The number of ether oxygens (including phenoxy) is 1. The fourth-order valence-corrected chi connectivity index (χ4v) is 4.01. The van der Waals surface area contributed by atoms with Gasteiger partial charge in [-0.05, 0) is 49.5 Å². The lowest BCUT2D eigenvalue weighted by molar-refractivity contribution is -0.118. The second-order valence-corrected chi connectivity index (χ2v) is 7.38. The average molecular weight is 391 g/mol. The highest BCUT2D eigenvalue weighted by atomic mass is 16.5. The molecule has 1 aliphatic carbocycles. The standard InChI is InChI=1S/C24H25NO4/c1-5-6-16-11-18(13-25)22(20(12-16)17-7-9-19(26)10-8-17)21-14(2)23(24(27)28-4)29-15(21)3/h7,11-12H,5-6,8-10H2,1-4H3. The molecule has 29 heavy (non-hydrogen) atoms. The maximum absolute atomic E-state index is 12.1. The zero-order valence-corrected chi connectivity index (χ0v) is 17.3. The molecule has 5 heteroatoms. The van der Waals surface area contributed by atoms with E-state index in [0.717, 1.165) is 40.7 Å². The second kappa shape index (κ2) is 8.48. The first kappa shape index (κ1) is 20.6. The van der Waals surface area contributed by atoms with Crippen LogP contribution in [0.15, 0.2) is 22.6 Å². The van der Waals surface area contributed by atoms with Crippen molar-refractivity contribution >= 4 is 17.3 Å². The Morgan fingerprint density at radius 1 is 1.24 bits per heavy atom. The van der Waals surface area contributed by atoms with Crippen LogP contribution in [0.25, 0.3) is 16.7 Å². The van der Waals surface area contributed by atoms with E-state index in [2.05, 4.69) is 19.1 Å². The van der Waals surface area contributed by atoms with Crippen LogP contribution >= 0.6 is 0 Å². The van der Waals surface area contributed by atoms with Gasteiger partial charge in [-0.1, -0.05) is 25.5 Å². The largest absolute Gasteiger partial charge is 0.463 e. The summed E-state index contributed by atoms with van der Waals surface area (Å²) in [5.41, 5.74) is 5.82. The molecule has 0 aliphatic heterocycles. The molecule has 3 rings (SSSR count). The van der Waals surface area contributed by atoms with Gasteiger partial charge in [-0.2, -0.15) is 5.26 Å². The number of rotatable bonds is 5. The number of aryl methyl sites for hydroxylation is 2. The molecule has 1 aromatic carbocycles. The minimum atomic E-state index is -0.540. The van der Waals surface area contributed by atoms with Crippen molar-refractivity contribution in [2.75, 3.05) is 7.11 Å². The van der Waals surface area contributed by atoms with Crippen molar-refractivity contribution in [1.29, 1.82) is 5.26 Å². The van der Waals surface area contributed by atoms with Crippen molar-refractivity contribution in [2.24, 2.45) is 0 Å². The van der Waals surface area contributed by atoms with Gasteiger partial charge in [0.1, 0.15) is 11.5 Å². The van der Waals surface area contributed by atoms with Crippen molar-refractivity contribution in [3.05, 3.63) is 52.0 Å². The SMILES string of the molecule is CCCc1cc(C#N)c(-c2c(C)oc(C(=O)OC)c2C)c(C2=CCC(=O)CC2)c1. The fraction of sp³-hybridized carbons (Fsp3) is 0.375. The number of ketones is 1. The Labute approximate surface area is 171 Å². The van der Waals surface area contributed by atoms with Crippen LogP contribution in [-0.2, 0) is 16.0 Å². The number of nitriles is 1. The molecule has 0 atom stereocenters. The molecule has 1 heterocycles. The molecule has 0 amide bonds. The lowest BCUT2D eigenvalue weighted by Gasteiger charge is -2.19. The molecule has 1 aromatic heterocycles. The maximum atomic E-state index is 12.1. The van der Waals surface area contributed by atoms with Gasteiger partial charge in [-0.3, -0.25) is 4.79 Å². The summed E-state index contributed by atoms with van der Waals surface area (Å²) in [7, 11) is 1.31. The monoisotopic (exact) mass is 391 g/mol. The molecule has 0 radical (unpaired) electrons. The van der Waals surface area contributed by atoms with Crippen LogP contribution in [-0.4, -0.2) is 18.9 Å². The summed E-state index contributed by atoms with van der Waals surface area (Å²) < 4.78 is 10.6. The Kier molecular flexibility index (Phi) is 6.03. The maximum Gasteiger partial charge on any atom is 0.374 e. The number of hydrogen-bond donors (Lipinski definition) is 0. The number of furan rings is 1. The summed E-state index contributed by atoms with van der Waals surface area (Å²) in [6.45, 7) is 5.70. The van der Waals surface area contributed by atoms with Crippen LogP contribution in [0, 0.1) is 25.2 Å². The number of Topliss-reactive ketones (excluding diaryl/α,β-unsaturated/α-hetero) is 1. The smallest absolute Gasteiger partial charge is 0.374 e. The summed E-state index contributed by atoms with van der Waals surface area (Å²) in [6, 6.07) is 6.37. The molecule has 0 fully saturated rings. The van der Waals surface area contributed by atoms with Crippen molar-refractivity contribution in [1.82, 2.24) is 0 Å². The van der Waals surface area contributed by atoms with Gasteiger partial charge in [-0.25, -0.2) is 4.79 Å². The van der Waals surface area contributed by atoms with Gasteiger partial charge in [-0.15, -0.1) is 0 Å². The molecule has 0 saturated carbocycles. The molecule has 0 bridgehead atoms. The minimum absolute atomic E-state index is 0.153. The van der Waals surface area contributed by atoms with Gasteiger partial charge >= 0.3 is 5.97 Å². The van der Waals surface area contributed by atoms with Crippen molar-refractivity contribution in [3.63, 3.8) is 0 Å². The Hall–Kier alpha value is -3.13. The average Bonchev–Trinajstić information content (AvgIpc) is 3.01. The highest BCUT2D eigenvalue weighted by Gasteiger charge is 2.27. The number of nitrogens with zero attached hydrogens (tertiary/aromatic N) is 1. The number of carbonyl (C=O) groups is 2. The predicted octanol–water partition coefficient (Wildman–Crippen LogP) is 5.31. The minimum Gasteiger partial charge on any atom is -0.463 e. The highest BCUT2D eigenvalue weighted by molar-refractivity contribution is 5.96. The number of esters is 1. The van der Waals surface area contributed by atoms with Gasteiger partial charge in [0.25, 0.3) is 0 Å². The molecule has 0 unspecified atom stereocenters. The van der Waals surface area contributed by atoms with Crippen LogP contribution in [0.5, 0.6) is 0 Å². The summed E-state index contributed by atoms with van der Waals surface area (Å²) in [5, 5.41) is 9.94. The van der Waals surface area contributed by atoms with E-state index in [4.69, 9.17) is 9.15 Å². The number of carbonyl (C=O) groups excluding carboxylic acids is 2. The number of allylic oxidation sites excluding steroid dienone is 2. The van der Waals surface area contributed by atoms with E-state index in [1.807, 2.05) is 19.1 Å². The normalized spacial score (nSPS) is 13.8. The van der Waals surface area contributed by atoms with E-state index in [-0.39, 0.29) is 11.5 Å². The molecule has 5 nitrogen and oxygen atoms in total. The third-order valence-corrected chi connectivity index (χ3v) is 5.40. The Morgan fingerprint density at radius 2 is 2.00 bits per heavy atom. The van der Waals surface area contributed by atoms with Gasteiger partial charge in [0.05, 0.1) is 18.7 Å². The van der Waals surface area contributed by atoms with E-state index < -0.39 is 5.97 Å². The lowest BCUT2D eigenvalue weighted by Crippen LogP contribution is -2.06. The van der Waals surface area contributed by atoms with Crippen LogP contribution in [0.2, 0.25) is 0 Å². The molecule has 0 saturated heterocycles. The summed E-state index contributed by atoms with van der Waals surface area (Å²) in [4.78, 5) is 23.9. The number of methoxy groups -OCH3 is 1. The second-order valence-electron chi connectivity index (χ2n) is 7.38. The third-order valence-electron chi connectivity index (χ3n) is 5.40. The third kappa shape index (κ3) is 3.88. The zero-order chi connectivity index (χ0) is 21.1. The van der Waals surface area contributed by atoms with Crippen molar-refractivity contribution < 1.29 is 18.7 Å². The lowest BCUT2D eigenvalue weighted by atomic mass is 9.83. The molecular formula is C24H25NO4. The Balaban J connectivity index is 2.31. The van der Waals surface area contributed by atoms with Crippen LogP contribution in [0.1, 0.15) is 71.2 Å². The molecular weight excluding hydrogens is 366 g/mol. The first-order valence-electron chi connectivity index (χ1n) is 9.88. The van der Waals surface area contributed by atoms with E-state index >= 15 is 0 Å². The summed E-state index contributed by atoms with van der Waals surface area (Å²) >= 11 is 0. The molecule has 2 aromatic rings. The molecule has 1 aliphatic rings. The van der Waals surface area contributed by atoms with Gasteiger partial charge < -0.3 is 9.15 Å². The van der Waals surface area contributed by atoms with Gasteiger partial charge in [0.15, 0.2) is 0 Å². The first-order valence-corrected chi connectivity index (χ1v) is 9.88. The summed E-state index contributed by atoms with van der Waals surface area (Å²) in [6.07, 6.45) is 5.36. The Morgan fingerprint density at radius 3 is 2.59 bits per heavy atom. The van der Waals surface area contributed by atoms with Crippen molar-refractivity contribution in [2.45, 2.75) is 52.9 Å². The first-order chi connectivity index (χ1) is 13.9. The van der Waals surface area contributed by atoms with E-state index in [1.165, 1.54) is 7.11 Å². The number of hydrogen-bond acceptors (Lipinski definition) is 5. The quantitative estimate of drug-likeness (QED) is 0.645. The van der Waals surface area contributed by atoms with E-state index in [9.17, 15) is 14.9 Å². The molecule has 150 valence electrons. The fourth-order valence-electron chi connectivity index (χ4n) is 4.01. The predicted molar refractivity (Wildman–Crippen MR) is 111 cm³/mol. The van der Waals surface area contributed by atoms with Gasteiger partial charge in [0.2, 0.25) is 5.76 Å². The van der Waals surface area contributed by atoms with Gasteiger partial charge in [0, 0.05) is 29.5 Å². The zero-order valence-electron chi connectivity index (χ0n) is 17.3. The van der Waals surface area contributed by atoms with Crippen molar-refractivity contribution in [3.8, 4) is 17.2 Å².